The van der Waals surface area contributed by atoms with E-state index in [1.807, 2.05) is 50.4 Å². The molecule has 3 atom stereocenters. The second kappa shape index (κ2) is 14.3. The van der Waals surface area contributed by atoms with Crippen molar-refractivity contribution in [3.8, 4) is 11.4 Å². The zero-order valence-electron chi connectivity index (χ0n) is 28.6. The minimum atomic E-state index is -3.84. The number of primary sulfonamides is 1. The van der Waals surface area contributed by atoms with Crippen LogP contribution in [0.3, 0.4) is 0 Å². The molecule has 0 radical (unpaired) electrons. The Morgan fingerprint density at radius 3 is 2.14 bits per heavy atom. The molecule has 2 fully saturated rings. The van der Waals surface area contributed by atoms with E-state index in [0.717, 1.165) is 55.4 Å². The Morgan fingerprint density at radius 2 is 1.55 bits per heavy atom. The van der Waals surface area contributed by atoms with Crippen molar-refractivity contribution in [1.82, 2.24) is 24.1 Å². The fraction of sp³-hybridized carbons (Fsp3) is 0.361. The molecule has 15 heteroatoms. The Balaban J connectivity index is 0.927. The number of nitrogens with two attached hydrogens (primary N) is 1. The van der Waals surface area contributed by atoms with Gasteiger partial charge in [0.25, 0.3) is 0 Å². The zero-order chi connectivity index (χ0) is 35.6. The standard InChI is InChI=1S/C36H42N8O6S/c1-3-27(2)44-35(45)43(26-39-44)31-9-7-29(8-10-31)40-19-21-41(22-20-40)30-11-13-32(14-12-30)48-23-33-24-49-36(50-33,25-42-18-4-17-38-42)28-5-15-34(16-6-28)51(37,46)47/h4-18,26-27,33H,3,19-25H2,1-2H3,(H2,37,46,47)/t27?,33-,36-/m1/s1. The topological polar surface area (TPSA) is 152 Å². The van der Waals surface area contributed by atoms with Crippen molar-refractivity contribution >= 4 is 21.4 Å². The van der Waals surface area contributed by atoms with Gasteiger partial charge in [-0.3, -0.25) is 4.68 Å². The Hall–Kier alpha value is -4.96. The summed E-state index contributed by atoms with van der Waals surface area (Å²) in [6, 6.07) is 24.2. The third-order valence-corrected chi connectivity index (χ3v) is 10.5. The number of aromatic nitrogens is 5. The average molecular weight is 715 g/mol. The molecule has 14 nitrogen and oxygen atoms in total. The number of benzene rings is 3. The van der Waals surface area contributed by atoms with Crippen molar-refractivity contribution in [1.29, 1.82) is 0 Å². The molecule has 0 aliphatic carbocycles. The fourth-order valence-corrected chi connectivity index (χ4v) is 6.95. The Bertz CT molecular complexity index is 2070. The van der Waals surface area contributed by atoms with Crippen LogP contribution in [-0.4, -0.2) is 78.0 Å². The van der Waals surface area contributed by atoms with Gasteiger partial charge in [-0.1, -0.05) is 19.1 Å². The van der Waals surface area contributed by atoms with Gasteiger partial charge in [0.15, 0.2) is 0 Å². The summed E-state index contributed by atoms with van der Waals surface area (Å²) >= 11 is 0. The highest BCUT2D eigenvalue weighted by Crippen LogP contribution is 2.37. The molecular formula is C36H42N8O6S. The number of rotatable bonds is 12. The first-order chi connectivity index (χ1) is 24.6. The molecule has 0 saturated carbocycles. The number of piperazine rings is 1. The molecule has 3 aromatic carbocycles. The van der Waals surface area contributed by atoms with Crippen LogP contribution in [-0.2, 0) is 31.8 Å². The molecular weight excluding hydrogens is 673 g/mol. The molecule has 0 bridgehead atoms. The third-order valence-electron chi connectivity index (χ3n) is 9.52. The first-order valence-electron chi connectivity index (χ1n) is 17.0. The summed E-state index contributed by atoms with van der Waals surface area (Å²) in [5.41, 5.74) is 3.57. The van der Waals surface area contributed by atoms with Gasteiger partial charge in [0.1, 0.15) is 24.8 Å². The lowest BCUT2D eigenvalue weighted by molar-refractivity contribution is -0.190. The summed E-state index contributed by atoms with van der Waals surface area (Å²) in [6.45, 7) is 8.32. The van der Waals surface area contributed by atoms with E-state index in [2.05, 4.69) is 44.3 Å². The highest BCUT2D eigenvalue weighted by Gasteiger charge is 2.44. The first kappa shape index (κ1) is 34.5. The molecule has 0 spiro atoms. The summed E-state index contributed by atoms with van der Waals surface area (Å²) in [4.78, 5) is 17.5. The fourth-order valence-electron chi connectivity index (χ4n) is 6.44. The summed E-state index contributed by atoms with van der Waals surface area (Å²) < 4.78 is 47.2. The lowest BCUT2D eigenvalue weighted by atomic mass is 10.1. The van der Waals surface area contributed by atoms with Crippen molar-refractivity contribution in [2.24, 2.45) is 5.14 Å². The van der Waals surface area contributed by atoms with Crippen LogP contribution in [0.25, 0.3) is 5.69 Å². The number of hydrogen-bond acceptors (Lipinski definition) is 10. The van der Waals surface area contributed by atoms with E-state index in [-0.39, 0.29) is 42.5 Å². The van der Waals surface area contributed by atoms with Crippen molar-refractivity contribution in [3.05, 3.63) is 114 Å². The van der Waals surface area contributed by atoms with Crippen molar-refractivity contribution in [2.45, 2.75) is 49.6 Å². The molecule has 268 valence electrons. The lowest BCUT2D eigenvalue weighted by Crippen LogP contribution is -2.46. The molecule has 1 unspecified atom stereocenters. The van der Waals surface area contributed by atoms with Gasteiger partial charge in [-0.25, -0.2) is 27.6 Å². The van der Waals surface area contributed by atoms with Crippen molar-refractivity contribution in [2.75, 3.05) is 49.2 Å². The molecule has 4 heterocycles. The van der Waals surface area contributed by atoms with Crippen LogP contribution < -0.4 is 25.4 Å². The average Bonchev–Trinajstić information content (AvgIpc) is 3.92. The molecule has 51 heavy (non-hydrogen) atoms. The van der Waals surface area contributed by atoms with Crippen LogP contribution in [0.1, 0.15) is 31.9 Å². The van der Waals surface area contributed by atoms with Gasteiger partial charge in [-0.15, -0.1) is 0 Å². The predicted molar refractivity (Wildman–Crippen MR) is 192 cm³/mol. The van der Waals surface area contributed by atoms with Crippen molar-refractivity contribution in [3.63, 3.8) is 0 Å². The van der Waals surface area contributed by atoms with Gasteiger partial charge in [0.2, 0.25) is 15.8 Å². The molecule has 2 saturated heterocycles. The number of sulfonamides is 1. The second-order valence-electron chi connectivity index (χ2n) is 12.9. The van der Waals surface area contributed by atoms with E-state index >= 15 is 0 Å². The normalized spacial score (nSPS) is 20.1. The largest absolute Gasteiger partial charge is 0.491 e. The van der Waals surface area contributed by atoms with Gasteiger partial charge in [-0.05, 0) is 80.1 Å². The second-order valence-corrected chi connectivity index (χ2v) is 14.4. The quantitative estimate of drug-likeness (QED) is 0.203. The van der Waals surface area contributed by atoms with Gasteiger partial charge >= 0.3 is 5.69 Å². The number of anilines is 2. The van der Waals surface area contributed by atoms with Crippen LogP contribution in [0.4, 0.5) is 11.4 Å². The van der Waals surface area contributed by atoms with E-state index in [9.17, 15) is 13.2 Å². The van der Waals surface area contributed by atoms with Gasteiger partial charge in [-0.2, -0.15) is 10.2 Å². The summed E-state index contributed by atoms with van der Waals surface area (Å²) in [6.07, 6.45) is 5.55. The minimum absolute atomic E-state index is 0.0102. The smallest absolute Gasteiger partial charge is 0.350 e. The summed E-state index contributed by atoms with van der Waals surface area (Å²) in [5.74, 6) is -0.459. The molecule has 2 aliphatic rings. The predicted octanol–water partition coefficient (Wildman–Crippen LogP) is 3.52. The highest BCUT2D eigenvalue weighted by atomic mass is 32.2. The maximum absolute atomic E-state index is 12.8. The molecule has 2 aliphatic heterocycles. The maximum atomic E-state index is 12.8. The summed E-state index contributed by atoms with van der Waals surface area (Å²) in [5, 5.41) is 13.9. The zero-order valence-corrected chi connectivity index (χ0v) is 29.4. The van der Waals surface area contributed by atoms with Crippen LogP contribution in [0.15, 0.2) is 107 Å². The Morgan fingerprint density at radius 1 is 0.922 bits per heavy atom. The van der Waals surface area contributed by atoms with Gasteiger partial charge in [0, 0.05) is 55.5 Å². The maximum Gasteiger partial charge on any atom is 0.350 e. The molecule has 2 aromatic heterocycles. The minimum Gasteiger partial charge on any atom is -0.491 e. The number of ether oxygens (including phenoxy) is 3. The first-order valence-corrected chi connectivity index (χ1v) is 18.6. The highest BCUT2D eigenvalue weighted by molar-refractivity contribution is 7.89. The van der Waals surface area contributed by atoms with E-state index in [1.165, 1.54) is 16.8 Å². The van der Waals surface area contributed by atoms with E-state index in [1.54, 1.807) is 33.9 Å². The monoisotopic (exact) mass is 714 g/mol. The van der Waals surface area contributed by atoms with Crippen LogP contribution in [0, 0.1) is 0 Å². The van der Waals surface area contributed by atoms with E-state index < -0.39 is 15.8 Å². The Labute approximate surface area is 296 Å². The van der Waals surface area contributed by atoms with Crippen LogP contribution >= 0.6 is 0 Å². The SMILES string of the molecule is CCC(C)n1ncn(-c2ccc(N3CCN(c4ccc(OC[C@@H]5CO[C@@](Cn6cccn6)(c6ccc(S(N)(=O)=O)cc6)O5)cc4)CC3)cc2)c1=O. The van der Waals surface area contributed by atoms with E-state index in [0.29, 0.717) is 5.56 Å². The number of nitrogens with zero attached hydrogens (tertiary/aromatic N) is 7. The summed E-state index contributed by atoms with van der Waals surface area (Å²) in [7, 11) is -3.84. The molecule has 7 rings (SSSR count). The van der Waals surface area contributed by atoms with Crippen molar-refractivity contribution < 1.29 is 22.6 Å². The molecule has 5 aromatic rings. The molecule has 2 N–H and O–H groups in total. The van der Waals surface area contributed by atoms with Gasteiger partial charge < -0.3 is 24.0 Å². The molecule has 0 amide bonds. The van der Waals surface area contributed by atoms with E-state index in [4.69, 9.17) is 19.3 Å². The van der Waals surface area contributed by atoms with Crippen LogP contribution in [0.5, 0.6) is 5.75 Å². The van der Waals surface area contributed by atoms with Gasteiger partial charge in [0.05, 0.1) is 29.8 Å². The Kier molecular flexibility index (Phi) is 9.70. The third kappa shape index (κ3) is 7.42. The lowest BCUT2D eigenvalue weighted by Gasteiger charge is -2.37. The van der Waals surface area contributed by atoms with Crippen LogP contribution in [0.2, 0.25) is 0 Å². The number of hydrogen-bond donors (Lipinski definition) is 1.